The molecule has 0 saturated heterocycles. The monoisotopic (exact) mass is 429 g/mol. The summed E-state index contributed by atoms with van der Waals surface area (Å²) in [5, 5.41) is 0. The normalized spacial score (nSPS) is 11.1. The summed E-state index contributed by atoms with van der Waals surface area (Å²) in [6.07, 6.45) is 8.62. The fourth-order valence-corrected chi connectivity index (χ4v) is 1.91. The highest BCUT2D eigenvalue weighted by Crippen LogP contribution is 2.13. The lowest BCUT2D eigenvalue weighted by molar-refractivity contribution is 0.145. The van der Waals surface area contributed by atoms with Crippen LogP contribution in [-0.4, -0.2) is 26.1 Å². The van der Waals surface area contributed by atoms with Crippen molar-refractivity contribution in [2.45, 2.75) is 54.4 Å². The minimum atomic E-state index is -0.307. The van der Waals surface area contributed by atoms with Crippen molar-refractivity contribution in [3.8, 4) is 12.3 Å². The maximum atomic E-state index is 11.2. The number of aromatic amines is 1. The third kappa shape index (κ3) is 10.5. The summed E-state index contributed by atoms with van der Waals surface area (Å²) in [5.74, 6) is 5.15. The molecule has 0 bridgehead atoms. The third-order valence-corrected chi connectivity index (χ3v) is 4.71. The zero-order chi connectivity index (χ0) is 24.1. The van der Waals surface area contributed by atoms with E-state index in [1.54, 1.807) is 11.6 Å². The van der Waals surface area contributed by atoms with E-state index in [-0.39, 0.29) is 11.5 Å². The molecule has 2 aromatic heterocycles. The van der Waals surface area contributed by atoms with Crippen LogP contribution in [0.15, 0.2) is 35.6 Å². The molecule has 0 fully saturated rings. The number of nitrogens with one attached hydrogen (secondary N) is 1. The van der Waals surface area contributed by atoms with E-state index in [4.69, 9.17) is 16.9 Å². The van der Waals surface area contributed by atoms with Gasteiger partial charge in [-0.25, -0.2) is 4.98 Å². The lowest BCUT2D eigenvalue weighted by Gasteiger charge is -2.16. The number of hydrogen-bond acceptors (Lipinski definition) is 5. The van der Waals surface area contributed by atoms with Crippen molar-refractivity contribution in [3.05, 3.63) is 41.2 Å². The number of aromatic nitrogens is 4. The summed E-state index contributed by atoms with van der Waals surface area (Å²) >= 11 is 0. The van der Waals surface area contributed by atoms with Crippen molar-refractivity contribution in [2.75, 3.05) is 12.3 Å². The van der Waals surface area contributed by atoms with Gasteiger partial charge in [0.25, 0.3) is 5.56 Å². The fraction of sp³-hybridized carbons (Fsp3) is 0.542. The average Bonchev–Trinajstić information content (AvgIpc) is 3.06. The summed E-state index contributed by atoms with van der Waals surface area (Å²) in [7, 11) is 1.75. The van der Waals surface area contributed by atoms with E-state index in [0.717, 1.165) is 18.6 Å². The number of imidazole rings is 1. The maximum absolute atomic E-state index is 11.2. The van der Waals surface area contributed by atoms with E-state index in [1.165, 1.54) is 11.9 Å². The maximum Gasteiger partial charge on any atom is 0.280 e. The molecule has 0 amide bonds. The van der Waals surface area contributed by atoms with Crippen molar-refractivity contribution >= 4 is 17.1 Å². The Labute approximate surface area is 186 Å². The highest BCUT2D eigenvalue weighted by atomic mass is 16.5. The molecule has 1 atom stereocenters. The molecule has 2 rings (SSSR count). The van der Waals surface area contributed by atoms with Gasteiger partial charge in [0.2, 0.25) is 5.95 Å². The molecule has 0 spiro atoms. The van der Waals surface area contributed by atoms with Gasteiger partial charge in [-0.05, 0) is 19.3 Å². The summed E-state index contributed by atoms with van der Waals surface area (Å²) in [6.45, 7) is 20.9. The molecular formula is C24H39N5O2. The Balaban J connectivity index is 0.000000465. The van der Waals surface area contributed by atoms with Crippen molar-refractivity contribution in [2.24, 2.45) is 24.8 Å². The Morgan fingerprint density at radius 3 is 2.35 bits per heavy atom. The minimum Gasteiger partial charge on any atom is -0.498 e. The standard InChI is InChI=1S/C12H20O.C6H7N5O.C6H12/c1-6-8-12(7-2)9-13-11(5)10(3)4;1-11-2-8-3-4(11)9-6(7)10-5(3)12;1-5(2)6(3)4/h1,10,12H,5,7-9H2,2-4H3;2H,1H3,(H3,7,9,10,12);6H,1H2,2-4H3. The van der Waals surface area contributed by atoms with E-state index in [2.05, 4.69) is 68.6 Å². The number of H-pyrrole nitrogens is 1. The Morgan fingerprint density at radius 1 is 1.32 bits per heavy atom. The number of rotatable bonds is 7. The van der Waals surface area contributed by atoms with E-state index in [0.29, 0.717) is 35.5 Å². The first kappa shape index (κ1) is 28.0. The summed E-state index contributed by atoms with van der Waals surface area (Å²) in [4.78, 5) is 21.3. The van der Waals surface area contributed by atoms with Crippen LogP contribution in [-0.2, 0) is 11.8 Å². The zero-order valence-electron chi connectivity index (χ0n) is 20.2. The smallest absolute Gasteiger partial charge is 0.280 e. The molecule has 2 heterocycles. The second-order valence-corrected chi connectivity index (χ2v) is 8.09. The van der Waals surface area contributed by atoms with Gasteiger partial charge >= 0.3 is 0 Å². The van der Waals surface area contributed by atoms with E-state index < -0.39 is 0 Å². The summed E-state index contributed by atoms with van der Waals surface area (Å²) in [5.41, 5.74) is 7.11. The molecule has 7 nitrogen and oxygen atoms in total. The third-order valence-electron chi connectivity index (χ3n) is 4.71. The van der Waals surface area contributed by atoms with Crippen LogP contribution in [0.2, 0.25) is 0 Å². The van der Waals surface area contributed by atoms with Crippen LogP contribution < -0.4 is 11.3 Å². The van der Waals surface area contributed by atoms with Crippen LogP contribution in [0.5, 0.6) is 0 Å². The topological polar surface area (TPSA) is 98.8 Å². The fourth-order valence-electron chi connectivity index (χ4n) is 1.91. The summed E-state index contributed by atoms with van der Waals surface area (Å²) in [6, 6.07) is 0. The second kappa shape index (κ2) is 14.1. The number of nitrogen functional groups attached to an aromatic ring is 1. The number of nitrogens with zero attached hydrogens (tertiary/aromatic N) is 3. The number of anilines is 1. The van der Waals surface area contributed by atoms with Gasteiger partial charge < -0.3 is 15.0 Å². The van der Waals surface area contributed by atoms with E-state index in [9.17, 15) is 4.79 Å². The van der Waals surface area contributed by atoms with Crippen LogP contribution in [0.1, 0.15) is 54.4 Å². The van der Waals surface area contributed by atoms with E-state index in [1.807, 2.05) is 6.92 Å². The molecule has 0 aliphatic rings. The van der Waals surface area contributed by atoms with Gasteiger partial charge in [-0.1, -0.05) is 53.3 Å². The largest absolute Gasteiger partial charge is 0.498 e. The van der Waals surface area contributed by atoms with Gasteiger partial charge in [-0.15, -0.1) is 12.3 Å². The van der Waals surface area contributed by atoms with Crippen LogP contribution >= 0.6 is 0 Å². The molecule has 0 aliphatic carbocycles. The van der Waals surface area contributed by atoms with Gasteiger partial charge in [0.1, 0.15) is 0 Å². The molecule has 7 heteroatoms. The number of nitrogens with two attached hydrogens (primary N) is 1. The molecular weight excluding hydrogens is 390 g/mol. The molecule has 2 aromatic rings. The van der Waals surface area contributed by atoms with Gasteiger partial charge in [0.05, 0.1) is 18.7 Å². The van der Waals surface area contributed by atoms with Crippen molar-refractivity contribution in [1.82, 2.24) is 19.5 Å². The van der Waals surface area contributed by atoms with Crippen LogP contribution in [0.3, 0.4) is 0 Å². The predicted molar refractivity (Wildman–Crippen MR) is 130 cm³/mol. The van der Waals surface area contributed by atoms with Crippen LogP contribution in [0.25, 0.3) is 11.2 Å². The highest BCUT2D eigenvalue weighted by molar-refractivity contribution is 5.70. The lowest BCUT2D eigenvalue weighted by Crippen LogP contribution is -2.11. The van der Waals surface area contributed by atoms with Gasteiger partial charge in [-0.3, -0.25) is 9.78 Å². The highest BCUT2D eigenvalue weighted by Gasteiger charge is 2.08. The van der Waals surface area contributed by atoms with Crippen LogP contribution in [0, 0.1) is 30.1 Å². The minimum absolute atomic E-state index is 0.108. The molecule has 0 aromatic carbocycles. The Hall–Kier alpha value is -3.01. The second-order valence-electron chi connectivity index (χ2n) is 8.09. The van der Waals surface area contributed by atoms with Gasteiger partial charge in [-0.2, -0.15) is 4.98 Å². The molecule has 1 unspecified atom stereocenters. The van der Waals surface area contributed by atoms with Crippen molar-refractivity contribution in [3.63, 3.8) is 0 Å². The Bertz CT molecular complexity index is 932. The van der Waals surface area contributed by atoms with Gasteiger partial charge in [0, 0.05) is 25.3 Å². The van der Waals surface area contributed by atoms with Crippen LogP contribution in [0.4, 0.5) is 5.95 Å². The molecule has 3 N–H and O–H groups in total. The number of fused-ring (bicyclic) bond motifs is 1. The quantitative estimate of drug-likeness (QED) is 0.378. The predicted octanol–water partition coefficient (Wildman–Crippen LogP) is 4.68. The van der Waals surface area contributed by atoms with Crippen molar-refractivity contribution < 1.29 is 4.74 Å². The zero-order valence-corrected chi connectivity index (χ0v) is 20.2. The lowest BCUT2D eigenvalue weighted by atomic mass is 10.0. The average molecular weight is 430 g/mol. The first-order chi connectivity index (χ1) is 14.4. The number of aryl methyl sites for hydroxylation is 1. The summed E-state index contributed by atoms with van der Waals surface area (Å²) < 4.78 is 7.16. The van der Waals surface area contributed by atoms with E-state index >= 15 is 0 Å². The molecule has 0 saturated carbocycles. The SMILES string of the molecule is C#CCC(CC)COC(=C)C(C)C.C=C(C)C(C)C.Cn1cnc2c(=O)[nH]c(N)nc21. The first-order valence-corrected chi connectivity index (χ1v) is 10.5. The van der Waals surface area contributed by atoms with Gasteiger partial charge in [0.15, 0.2) is 11.2 Å². The number of allylic oxidation sites excluding steroid dienone is 2. The molecule has 0 aliphatic heterocycles. The Morgan fingerprint density at radius 2 is 1.90 bits per heavy atom. The Kier molecular flexibility index (Phi) is 12.7. The number of terminal acetylenes is 1. The number of hydrogen-bond donors (Lipinski definition) is 2. The first-order valence-electron chi connectivity index (χ1n) is 10.5. The molecule has 31 heavy (non-hydrogen) atoms. The number of ether oxygens (including phenoxy) is 1. The molecule has 172 valence electrons. The van der Waals surface area contributed by atoms with Crippen molar-refractivity contribution in [1.29, 1.82) is 0 Å². The molecule has 0 radical (unpaired) electrons.